The lowest BCUT2D eigenvalue weighted by Crippen LogP contribution is -2.13. The van der Waals surface area contributed by atoms with E-state index in [1.165, 1.54) is 0 Å². The van der Waals surface area contributed by atoms with Crippen molar-refractivity contribution >= 4 is 34.3 Å². The van der Waals surface area contributed by atoms with Crippen LogP contribution in [0.3, 0.4) is 0 Å². The molecule has 2 N–H and O–H groups in total. The van der Waals surface area contributed by atoms with Gasteiger partial charge in [-0.15, -0.1) is 0 Å². The summed E-state index contributed by atoms with van der Waals surface area (Å²) in [5.74, 6) is 1.10. The Bertz CT molecular complexity index is 797. The van der Waals surface area contributed by atoms with Gasteiger partial charge in [-0.1, -0.05) is 29.8 Å². The van der Waals surface area contributed by atoms with E-state index in [1.54, 1.807) is 0 Å². The summed E-state index contributed by atoms with van der Waals surface area (Å²) in [6.07, 6.45) is 0. The number of nitrogens with two attached hydrogens (primary N) is 1. The number of aromatic nitrogens is 2. The molecule has 4 nitrogen and oxygen atoms in total. The van der Waals surface area contributed by atoms with Gasteiger partial charge in [0.2, 0.25) is 5.95 Å². The van der Waals surface area contributed by atoms with Crippen LogP contribution in [0, 0.1) is 0 Å². The van der Waals surface area contributed by atoms with Crippen LogP contribution in [0.2, 0.25) is 5.02 Å². The van der Waals surface area contributed by atoms with Crippen molar-refractivity contribution in [2.75, 3.05) is 24.7 Å². The van der Waals surface area contributed by atoms with Crippen LogP contribution in [0.4, 0.5) is 11.8 Å². The highest BCUT2D eigenvalue weighted by atomic mass is 35.5. The van der Waals surface area contributed by atoms with E-state index < -0.39 is 0 Å². The molecule has 0 fully saturated rings. The van der Waals surface area contributed by atoms with Crippen molar-refractivity contribution in [2.45, 2.75) is 0 Å². The molecule has 0 radical (unpaired) electrons. The zero-order chi connectivity index (χ0) is 15.0. The molecule has 106 valence electrons. The molecule has 0 unspecified atom stereocenters. The molecule has 3 aromatic rings. The Balaban J connectivity index is 2.21. The van der Waals surface area contributed by atoms with Gasteiger partial charge in [-0.25, -0.2) is 4.98 Å². The Kier molecular flexibility index (Phi) is 3.39. The lowest BCUT2D eigenvalue weighted by molar-refractivity contribution is 1.07. The number of nitrogen functional groups attached to an aromatic ring is 1. The van der Waals surface area contributed by atoms with E-state index in [0.29, 0.717) is 0 Å². The molecule has 0 aliphatic carbocycles. The number of hydrogen-bond donors (Lipinski definition) is 1. The van der Waals surface area contributed by atoms with E-state index in [4.69, 9.17) is 17.3 Å². The van der Waals surface area contributed by atoms with Crippen LogP contribution in [0.15, 0.2) is 42.5 Å². The fourth-order valence-corrected chi connectivity index (χ4v) is 2.42. The monoisotopic (exact) mass is 298 g/mol. The maximum Gasteiger partial charge on any atom is 0.222 e. The van der Waals surface area contributed by atoms with Crippen LogP contribution >= 0.6 is 11.6 Å². The van der Waals surface area contributed by atoms with Gasteiger partial charge in [0.25, 0.3) is 0 Å². The fraction of sp³-hybridized carbons (Fsp3) is 0.125. The highest BCUT2D eigenvalue weighted by Gasteiger charge is 2.09. The molecule has 0 aliphatic heterocycles. The van der Waals surface area contributed by atoms with Gasteiger partial charge in [0, 0.05) is 24.5 Å². The molecular formula is C16H15ClN4. The van der Waals surface area contributed by atoms with E-state index in [-0.39, 0.29) is 5.95 Å². The SMILES string of the molecule is CN(C)c1nc(N)nc2ccc(-c3ccc(Cl)cc3)cc12. The predicted molar refractivity (Wildman–Crippen MR) is 88.7 cm³/mol. The van der Waals surface area contributed by atoms with Crippen LogP contribution < -0.4 is 10.6 Å². The Morgan fingerprint density at radius 3 is 2.29 bits per heavy atom. The van der Waals surface area contributed by atoms with E-state index >= 15 is 0 Å². The molecule has 5 heteroatoms. The van der Waals surface area contributed by atoms with Gasteiger partial charge in [-0.2, -0.15) is 4.98 Å². The van der Waals surface area contributed by atoms with Crippen molar-refractivity contribution in [3.63, 3.8) is 0 Å². The Hall–Kier alpha value is -2.33. The summed E-state index contributed by atoms with van der Waals surface area (Å²) < 4.78 is 0. The van der Waals surface area contributed by atoms with E-state index in [1.807, 2.05) is 55.4 Å². The maximum absolute atomic E-state index is 5.94. The molecule has 0 saturated carbocycles. The van der Waals surface area contributed by atoms with Crippen molar-refractivity contribution in [3.05, 3.63) is 47.5 Å². The van der Waals surface area contributed by atoms with Crippen LogP contribution in [0.5, 0.6) is 0 Å². The number of anilines is 2. The first-order chi connectivity index (χ1) is 10.0. The second-order valence-corrected chi connectivity index (χ2v) is 5.48. The van der Waals surface area contributed by atoms with Crippen molar-refractivity contribution in [3.8, 4) is 11.1 Å². The molecule has 0 bridgehead atoms. The average molecular weight is 299 g/mol. The topological polar surface area (TPSA) is 55.0 Å². The van der Waals surface area contributed by atoms with Crippen LogP contribution in [-0.2, 0) is 0 Å². The average Bonchev–Trinajstić information content (AvgIpc) is 2.46. The lowest BCUT2D eigenvalue weighted by atomic mass is 10.0. The largest absolute Gasteiger partial charge is 0.368 e. The van der Waals surface area contributed by atoms with Crippen molar-refractivity contribution in [1.82, 2.24) is 9.97 Å². The smallest absolute Gasteiger partial charge is 0.222 e. The predicted octanol–water partition coefficient (Wildman–Crippen LogP) is 3.60. The highest BCUT2D eigenvalue weighted by molar-refractivity contribution is 6.30. The first-order valence-corrected chi connectivity index (χ1v) is 6.93. The standard InChI is InChI=1S/C16H15ClN4/c1-21(2)15-13-9-11(10-3-6-12(17)7-4-10)5-8-14(13)19-16(18)20-15/h3-9H,1-2H3,(H2,18,19,20). The highest BCUT2D eigenvalue weighted by Crippen LogP contribution is 2.29. The van der Waals surface area contributed by atoms with Gasteiger partial charge in [-0.05, 0) is 35.4 Å². The summed E-state index contributed by atoms with van der Waals surface area (Å²) in [6.45, 7) is 0. The van der Waals surface area contributed by atoms with Crippen LogP contribution in [0.25, 0.3) is 22.0 Å². The van der Waals surface area contributed by atoms with Crippen molar-refractivity contribution in [2.24, 2.45) is 0 Å². The Morgan fingerprint density at radius 2 is 1.62 bits per heavy atom. The minimum absolute atomic E-state index is 0.283. The third-order valence-electron chi connectivity index (χ3n) is 3.29. The van der Waals surface area contributed by atoms with Crippen molar-refractivity contribution < 1.29 is 0 Å². The summed E-state index contributed by atoms with van der Waals surface area (Å²) in [6, 6.07) is 13.8. The summed E-state index contributed by atoms with van der Waals surface area (Å²) in [7, 11) is 3.88. The molecule has 1 aromatic heterocycles. The molecule has 21 heavy (non-hydrogen) atoms. The van der Waals surface area contributed by atoms with Crippen LogP contribution in [0.1, 0.15) is 0 Å². The normalized spacial score (nSPS) is 10.8. The molecule has 2 aromatic carbocycles. The second-order valence-electron chi connectivity index (χ2n) is 5.04. The number of rotatable bonds is 2. The van der Waals surface area contributed by atoms with E-state index in [9.17, 15) is 0 Å². The molecule has 3 rings (SSSR count). The van der Waals surface area contributed by atoms with Gasteiger partial charge in [0.05, 0.1) is 5.52 Å². The molecule has 0 saturated heterocycles. The molecular weight excluding hydrogens is 284 g/mol. The van der Waals surface area contributed by atoms with E-state index in [0.717, 1.165) is 32.9 Å². The minimum Gasteiger partial charge on any atom is -0.368 e. The summed E-state index contributed by atoms with van der Waals surface area (Å²) in [5.41, 5.74) is 8.79. The van der Waals surface area contributed by atoms with Gasteiger partial charge < -0.3 is 10.6 Å². The third-order valence-corrected chi connectivity index (χ3v) is 3.55. The zero-order valence-corrected chi connectivity index (χ0v) is 12.6. The third kappa shape index (κ3) is 2.62. The Morgan fingerprint density at radius 1 is 0.952 bits per heavy atom. The fourth-order valence-electron chi connectivity index (χ4n) is 2.29. The number of benzene rings is 2. The molecule has 0 spiro atoms. The van der Waals surface area contributed by atoms with Gasteiger partial charge in [0.15, 0.2) is 0 Å². The first kappa shape index (κ1) is 13.6. The van der Waals surface area contributed by atoms with Gasteiger partial charge in [0.1, 0.15) is 5.82 Å². The van der Waals surface area contributed by atoms with Gasteiger partial charge in [-0.3, -0.25) is 0 Å². The quantitative estimate of drug-likeness (QED) is 0.785. The number of halogens is 1. The lowest BCUT2D eigenvalue weighted by Gasteiger charge is -2.15. The second kappa shape index (κ2) is 5.22. The summed E-state index contributed by atoms with van der Waals surface area (Å²) >= 11 is 5.94. The Labute approximate surface area is 128 Å². The summed E-state index contributed by atoms with van der Waals surface area (Å²) in [4.78, 5) is 10.5. The minimum atomic E-state index is 0.283. The summed E-state index contributed by atoms with van der Waals surface area (Å²) in [5, 5.41) is 1.70. The van der Waals surface area contributed by atoms with Crippen molar-refractivity contribution in [1.29, 1.82) is 0 Å². The molecule has 0 atom stereocenters. The number of hydrogen-bond acceptors (Lipinski definition) is 4. The van der Waals surface area contributed by atoms with Gasteiger partial charge >= 0.3 is 0 Å². The number of nitrogens with zero attached hydrogens (tertiary/aromatic N) is 3. The first-order valence-electron chi connectivity index (χ1n) is 6.55. The molecule has 0 aliphatic rings. The van der Waals surface area contributed by atoms with Crippen LogP contribution in [-0.4, -0.2) is 24.1 Å². The van der Waals surface area contributed by atoms with E-state index in [2.05, 4.69) is 16.0 Å². The maximum atomic E-state index is 5.94. The molecule has 0 amide bonds. The molecule has 1 heterocycles. The zero-order valence-electron chi connectivity index (χ0n) is 11.8. The number of fused-ring (bicyclic) bond motifs is 1.